The van der Waals surface area contributed by atoms with E-state index in [9.17, 15) is 0 Å². The molecule has 0 saturated heterocycles. The number of unbranched alkanes of at least 4 members (excludes halogenated alkanes) is 18. The standard InChI is InChI=1S/C36H69N/c1-4-6-8-10-12-14-16-17-18-19-20-21-23-25-27-29-34-36(3,37-35-31-30-32-35)33-28-26-24-22-15-13-11-9-7-5-2/h12,14,17-18,35,37H,4-11,13,15-16,19-34H2,1-3H3. The van der Waals surface area contributed by atoms with Crippen LogP contribution in [0, 0.1) is 0 Å². The van der Waals surface area contributed by atoms with Crippen molar-refractivity contribution in [3.8, 4) is 0 Å². The summed E-state index contributed by atoms with van der Waals surface area (Å²) in [6.45, 7) is 7.13. The van der Waals surface area contributed by atoms with Crippen molar-refractivity contribution >= 4 is 0 Å². The smallest absolute Gasteiger partial charge is 0.0155 e. The summed E-state index contributed by atoms with van der Waals surface area (Å²) in [6, 6.07) is 0.817. The first-order valence-corrected chi connectivity index (χ1v) is 17.3. The Bertz CT molecular complexity index is 517. The molecule has 0 aliphatic heterocycles. The van der Waals surface area contributed by atoms with Crippen molar-refractivity contribution in [2.75, 3.05) is 0 Å². The highest BCUT2D eigenvalue weighted by molar-refractivity contribution is 4.93. The van der Waals surface area contributed by atoms with Crippen LogP contribution in [-0.4, -0.2) is 11.6 Å². The predicted octanol–water partition coefficient (Wildman–Crippen LogP) is 12.4. The molecule has 1 heteroatoms. The minimum atomic E-state index is 0.389. The zero-order valence-corrected chi connectivity index (χ0v) is 26.0. The van der Waals surface area contributed by atoms with Crippen LogP contribution in [0.5, 0.6) is 0 Å². The van der Waals surface area contributed by atoms with E-state index in [1.54, 1.807) is 0 Å². The molecule has 1 aliphatic rings. The number of nitrogens with one attached hydrogen (secondary N) is 1. The van der Waals surface area contributed by atoms with E-state index in [1.165, 1.54) is 167 Å². The molecule has 1 fully saturated rings. The average molecular weight is 516 g/mol. The molecule has 1 rings (SSSR count). The Morgan fingerprint density at radius 3 is 1.41 bits per heavy atom. The summed E-state index contributed by atoms with van der Waals surface area (Å²) in [5, 5.41) is 4.10. The maximum atomic E-state index is 4.10. The van der Waals surface area contributed by atoms with Crippen molar-refractivity contribution in [3.05, 3.63) is 24.3 Å². The van der Waals surface area contributed by atoms with Gasteiger partial charge in [-0.2, -0.15) is 0 Å². The van der Waals surface area contributed by atoms with Crippen molar-refractivity contribution in [1.82, 2.24) is 5.32 Å². The Labute approximate surface area is 235 Å². The Morgan fingerprint density at radius 2 is 0.946 bits per heavy atom. The van der Waals surface area contributed by atoms with Gasteiger partial charge in [-0.25, -0.2) is 0 Å². The minimum Gasteiger partial charge on any atom is -0.309 e. The van der Waals surface area contributed by atoms with Gasteiger partial charge >= 0.3 is 0 Å². The van der Waals surface area contributed by atoms with Gasteiger partial charge in [-0.15, -0.1) is 0 Å². The van der Waals surface area contributed by atoms with E-state index in [-0.39, 0.29) is 0 Å². The third-order valence-electron chi connectivity index (χ3n) is 8.67. The second kappa shape index (κ2) is 25.7. The maximum absolute atomic E-state index is 4.10. The Hall–Kier alpha value is -0.560. The van der Waals surface area contributed by atoms with Crippen LogP contribution < -0.4 is 5.32 Å². The first kappa shape index (κ1) is 34.5. The Morgan fingerprint density at radius 1 is 0.541 bits per heavy atom. The van der Waals surface area contributed by atoms with Crippen LogP contribution >= 0.6 is 0 Å². The van der Waals surface area contributed by atoms with Gasteiger partial charge in [-0.05, 0) is 64.7 Å². The summed E-state index contributed by atoms with van der Waals surface area (Å²) in [5.41, 5.74) is 0.389. The number of hydrogen-bond donors (Lipinski definition) is 1. The SMILES string of the molecule is CCCCCC=CCC=CCCCCCCCCC(C)(CCCCCCCCCCCC)NC1CCC1. The van der Waals surface area contributed by atoms with Crippen molar-refractivity contribution in [2.24, 2.45) is 0 Å². The molecular formula is C36H69N. The fourth-order valence-corrected chi connectivity index (χ4v) is 5.82. The zero-order valence-electron chi connectivity index (χ0n) is 26.0. The van der Waals surface area contributed by atoms with Gasteiger partial charge < -0.3 is 5.32 Å². The van der Waals surface area contributed by atoms with Gasteiger partial charge in [0.2, 0.25) is 0 Å². The molecule has 1 nitrogen and oxygen atoms in total. The van der Waals surface area contributed by atoms with Gasteiger partial charge in [0, 0.05) is 11.6 Å². The monoisotopic (exact) mass is 516 g/mol. The molecule has 0 bridgehead atoms. The van der Waals surface area contributed by atoms with Crippen LogP contribution in [0.1, 0.15) is 194 Å². The second-order valence-electron chi connectivity index (χ2n) is 12.6. The van der Waals surface area contributed by atoms with E-state index in [1.807, 2.05) is 0 Å². The fourth-order valence-electron chi connectivity index (χ4n) is 5.82. The molecule has 0 aromatic carbocycles. The first-order valence-electron chi connectivity index (χ1n) is 17.3. The van der Waals surface area contributed by atoms with E-state index >= 15 is 0 Å². The van der Waals surface area contributed by atoms with Gasteiger partial charge in [-0.3, -0.25) is 0 Å². The summed E-state index contributed by atoms with van der Waals surface area (Å²) < 4.78 is 0. The molecule has 0 radical (unpaired) electrons. The molecule has 1 aliphatic carbocycles. The zero-order chi connectivity index (χ0) is 26.7. The lowest BCUT2D eigenvalue weighted by molar-refractivity contribution is 0.206. The van der Waals surface area contributed by atoms with Gasteiger partial charge in [0.25, 0.3) is 0 Å². The molecule has 1 atom stereocenters. The van der Waals surface area contributed by atoms with E-state index in [2.05, 4.69) is 50.4 Å². The van der Waals surface area contributed by atoms with Gasteiger partial charge in [0.05, 0.1) is 0 Å². The summed E-state index contributed by atoms with van der Waals surface area (Å²) in [5.74, 6) is 0. The number of allylic oxidation sites excluding steroid dienone is 4. The third kappa shape index (κ3) is 22.0. The predicted molar refractivity (Wildman–Crippen MR) is 170 cm³/mol. The van der Waals surface area contributed by atoms with Crippen LogP contribution in [0.2, 0.25) is 0 Å². The third-order valence-corrected chi connectivity index (χ3v) is 8.67. The highest BCUT2D eigenvalue weighted by atomic mass is 15.0. The largest absolute Gasteiger partial charge is 0.309 e. The van der Waals surface area contributed by atoms with E-state index in [0.29, 0.717) is 5.54 Å². The topological polar surface area (TPSA) is 12.0 Å². The second-order valence-corrected chi connectivity index (χ2v) is 12.6. The van der Waals surface area contributed by atoms with E-state index < -0.39 is 0 Å². The molecule has 0 spiro atoms. The molecular weight excluding hydrogens is 446 g/mol. The van der Waals surface area contributed by atoms with Crippen LogP contribution in [0.25, 0.3) is 0 Å². The maximum Gasteiger partial charge on any atom is 0.0155 e. The summed E-state index contributed by atoms with van der Waals surface area (Å²) in [6.07, 6.45) is 47.1. The highest BCUT2D eigenvalue weighted by Gasteiger charge is 2.29. The molecule has 218 valence electrons. The van der Waals surface area contributed by atoms with Gasteiger partial charge in [0.1, 0.15) is 0 Å². The summed E-state index contributed by atoms with van der Waals surface area (Å²) >= 11 is 0. The first-order chi connectivity index (χ1) is 18.2. The molecule has 0 heterocycles. The number of hydrogen-bond acceptors (Lipinski definition) is 1. The number of rotatable bonds is 28. The molecule has 1 saturated carbocycles. The molecule has 0 aromatic heterocycles. The summed E-state index contributed by atoms with van der Waals surface area (Å²) in [4.78, 5) is 0. The highest BCUT2D eigenvalue weighted by Crippen LogP contribution is 2.28. The molecule has 37 heavy (non-hydrogen) atoms. The van der Waals surface area contributed by atoms with Crippen molar-refractivity contribution in [1.29, 1.82) is 0 Å². The minimum absolute atomic E-state index is 0.389. The van der Waals surface area contributed by atoms with E-state index in [4.69, 9.17) is 0 Å². The average Bonchev–Trinajstić information content (AvgIpc) is 2.87. The van der Waals surface area contributed by atoms with Gasteiger partial charge in [0.15, 0.2) is 0 Å². The molecule has 0 aromatic rings. The van der Waals surface area contributed by atoms with E-state index in [0.717, 1.165) is 12.5 Å². The van der Waals surface area contributed by atoms with Gasteiger partial charge in [-0.1, -0.05) is 154 Å². The van der Waals surface area contributed by atoms with Crippen molar-refractivity contribution < 1.29 is 0 Å². The van der Waals surface area contributed by atoms with Crippen LogP contribution in [-0.2, 0) is 0 Å². The normalized spacial score (nSPS) is 16.1. The van der Waals surface area contributed by atoms with Crippen molar-refractivity contribution in [2.45, 2.75) is 206 Å². The van der Waals surface area contributed by atoms with Crippen LogP contribution in [0.3, 0.4) is 0 Å². The Kier molecular flexibility index (Phi) is 23.9. The quantitative estimate of drug-likeness (QED) is 0.0806. The molecule has 1 N–H and O–H groups in total. The molecule has 1 unspecified atom stereocenters. The van der Waals surface area contributed by atoms with Crippen LogP contribution in [0.4, 0.5) is 0 Å². The lowest BCUT2D eigenvalue weighted by Crippen LogP contribution is -2.50. The lowest BCUT2D eigenvalue weighted by atomic mass is 9.83. The fraction of sp³-hybridized carbons (Fsp3) is 0.889. The molecule has 0 amide bonds. The Balaban J connectivity index is 2.03. The lowest BCUT2D eigenvalue weighted by Gasteiger charge is -2.39. The van der Waals surface area contributed by atoms with Crippen molar-refractivity contribution in [3.63, 3.8) is 0 Å². The summed E-state index contributed by atoms with van der Waals surface area (Å²) in [7, 11) is 0. The van der Waals surface area contributed by atoms with Crippen LogP contribution in [0.15, 0.2) is 24.3 Å².